The first-order valence-corrected chi connectivity index (χ1v) is 11.5. The van der Waals surface area contributed by atoms with Gasteiger partial charge in [-0.15, -0.1) is 0 Å². The molecule has 2 aliphatic heterocycles. The lowest BCUT2D eigenvalue weighted by Crippen LogP contribution is -2.60. The Balaban J connectivity index is 1.92. The van der Waals surface area contributed by atoms with Gasteiger partial charge in [0.05, 0.1) is 6.61 Å². The zero-order valence-corrected chi connectivity index (χ0v) is 18.5. The molecule has 0 radical (unpaired) electrons. The summed E-state index contributed by atoms with van der Waals surface area (Å²) in [6, 6.07) is 0. The average Bonchev–Trinajstić information content (AvgIpc) is 3.40. The maximum absolute atomic E-state index is 12.9. The third-order valence-electron chi connectivity index (χ3n) is 5.43. The SMILES string of the molecule is CCCn1c(N)nc2c(ncn2[C@]2(N3C(=O)C=CC3=O)O[C@H](COP(=O)(O)O)[C@@H](O)[C@H]2O)c1=O. The van der Waals surface area contributed by atoms with Crippen LogP contribution in [-0.2, 0) is 35.8 Å². The number of anilines is 1. The second kappa shape index (κ2) is 8.35. The second-order valence-corrected chi connectivity index (χ2v) is 8.83. The van der Waals surface area contributed by atoms with Crippen molar-refractivity contribution in [2.45, 2.75) is 44.1 Å². The van der Waals surface area contributed by atoms with Crippen molar-refractivity contribution >= 4 is 36.7 Å². The molecule has 34 heavy (non-hydrogen) atoms. The molecule has 4 heterocycles. The summed E-state index contributed by atoms with van der Waals surface area (Å²) in [5.74, 6) is -4.65. The van der Waals surface area contributed by atoms with Crippen LogP contribution < -0.4 is 11.3 Å². The van der Waals surface area contributed by atoms with E-state index in [0.29, 0.717) is 11.3 Å². The molecular weight excluding hydrogens is 479 g/mol. The van der Waals surface area contributed by atoms with Gasteiger partial charge in [0, 0.05) is 18.7 Å². The number of fused-ring (bicyclic) bond motifs is 1. The fraction of sp³-hybridized carbons (Fsp3) is 0.471. The fourth-order valence-corrected chi connectivity index (χ4v) is 4.31. The van der Waals surface area contributed by atoms with Gasteiger partial charge in [-0.25, -0.2) is 14.4 Å². The Hall–Kier alpha value is -2.98. The van der Waals surface area contributed by atoms with Gasteiger partial charge >= 0.3 is 7.82 Å². The summed E-state index contributed by atoms with van der Waals surface area (Å²) in [4.78, 5) is 64.7. The van der Waals surface area contributed by atoms with Crippen LogP contribution in [0.2, 0.25) is 0 Å². The Morgan fingerprint density at radius 3 is 2.47 bits per heavy atom. The summed E-state index contributed by atoms with van der Waals surface area (Å²) in [5, 5.41) is 21.6. The highest BCUT2D eigenvalue weighted by atomic mass is 31.2. The van der Waals surface area contributed by atoms with E-state index in [9.17, 15) is 29.2 Å². The molecule has 2 amide bonds. The van der Waals surface area contributed by atoms with E-state index in [-0.39, 0.29) is 23.7 Å². The molecule has 17 heteroatoms. The third kappa shape index (κ3) is 3.65. The van der Waals surface area contributed by atoms with Crippen LogP contribution in [0, 0.1) is 0 Å². The highest BCUT2D eigenvalue weighted by Crippen LogP contribution is 2.44. The van der Waals surface area contributed by atoms with Crippen LogP contribution in [0.15, 0.2) is 23.3 Å². The first kappa shape index (κ1) is 24.2. The van der Waals surface area contributed by atoms with E-state index < -0.39 is 56.0 Å². The number of aromatic nitrogens is 4. The molecule has 2 aromatic rings. The molecule has 4 rings (SSSR count). The smallest absolute Gasteiger partial charge is 0.387 e. The molecule has 0 saturated carbocycles. The number of nitrogens with zero attached hydrogens (tertiary/aromatic N) is 5. The molecule has 0 spiro atoms. The van der Waals surface area contributed by atoms with Crippen LogP contribution in [0.5, 0.6) is 0 Å². The lowest BCUT2D eigenvalue weighted by atomic mass is 10.1. The van der Waals surface area contributed by atoms with E-state index >= 15 is 0 Å². The van der Waals surface area contributed by atoms with Gasteiger partial charge in [0.15, 0.2) is 17.3 Å². The van der Waals surface area contributed by atoms with E-state index in [2.05, 4.69) is 14.5 Å². The van der Waals surface area contributed by atoms with Gasteiger partial charge in [0.25, 0.3) is 23.2 Å². The minimum Gasteiger partial charge on any atom is -0.387 e. The highest BCUT2D eigenvalue weighted by molar-refractivity contribution is 7.46. The number of rotatable bonds is 7. The van der Waals surface area contributed by atoms with Crippen molar-refractivity contribution in [2.75, 3.05) is 12.3 Å². The van der Waals surface area contributed by atoms with Crippen molar-refractivity contribution < 1.29 is 43.4 Å². The average molecular weight is 500 g/mol. The maximum Gasteiger partial charge on any atom is 0.469 e. The molecule has 184 valence electrons. The Morgan fingerprint density at radius 2 is 1.88 bits per heavy atom. The standard InChI is InChI=1S/C17H21N6O10P/c1-2-5-21-15(28)11-14(20-16(21)18)22(7-19-11)17(23-9(24)3-4-10(23)25)13(27)12(26)8(33-17)6-32-34(29,30)31/h3-4,7-8,12-13,26-27H,2,5-6H2,1H3,(H2,18,20)(H2,29,30,31)/t8-,12-,13-,17-/m1/s1. The van der Waals surface area contributed by atoms with Crippen LogP contribution in [0.4, 0.5) is 5.95 Å². The number of hydrogen-bond acceptors (Lipinski definition) is 11. The van der Waals surface area contributed by atoms with Gasteiger partial charge in [-0.1, -0.05) is 6.92 Å². The van der Waals surface area contributed by atoms with Gasteiger partial charge in [0.1, 0.15) is 18.5 Å². The molecule has 1 fully saturated rings. The summed E-state index contributed by atoms with van der Waals surface area (Å²) in [6.45, 7) is 1.13. The molecule has 1 saturated heterocycles. The summed E-state index contributed by atoms with van der Waals surface area (Å²) >= 11 is 0. The zero-order valence-electron chi connectivity index (χ0n) is 17.6. The number of nitrogen functional groups attached to an aromatic ring is 1. The first-order valence-electron chi connectivity index (χ1n) is 9.96. The van der Waals surface area contributed by atoms with E-state index in [4.69, 9.17) is 20.3 Å². The highest BCUT2D eigenvalue weighted by Gasteiger charge is 2.63. The second-order valence-electron chi connectivity index (χ2n) is 7.60. The van der Waals surface area contributed by atoms with Crippen LogP contribution in [0.1, 0.15) is 13.3 Å². The third-order valence-corrected chi connectivity index (χ3v) is 5.92. The lowest BCUT2D eigenvalue weighted by Gasteiger charge is -2.39. The number of nitrogens with two attached hydrogens (primary N) is 1. The van der Waals surface area contributed by atoms with Gasteiger partial charge in [0.2, 0.25) is 5.95 Å². The van der Waals surface area contributed by atoms with Crippen molar-refractivity contribution in [2.24, 2.45) is 0 Å². The first-order chi connectivity index (χ1) is 15.9. The largest absolute Gasteiger partial charge is 0.469 e. The van der Waals surface area contributed by atoms with Crippen molar-refractivity contribution in [3.63, 3.8) is 0 Å². The van der Waals surface area contributed by atoms with Crippen LogP contribution in [0.25, 0.3) is 11.2 Å². The van der Waals surface area contributed by atoms with Gasteiger partial charge in [-0.3, -0.25) is 28.0 Å². The molecule has 2 aromatic heterocycles. The molecule has 0 bridgehead atoms. The number of imide groups is 1. The van der Waals surface area contributed by atoms with Crippen LogP contribution in [-0.4, -0.2) is 80.7 Å². The van der Waals surface area contributed by atoms with Crippen molar-refractivity contribution in [1.82, 2.24) is 24.0 Å². The Labute approximate surface area is 190 Å². The van der Waals surface area contributed by atoms with Gasteiger partial charge in [-0.05, 0) is 6.42 Å². The molecule has 16 nitrogen and oxygen atoms in total. The number of amides is 2. The number of aliphatic hydroxyl groups excluding tert-OH is 2. The zero-order chi connectivity index (χ0) is 25.0. The number of phosphoric acid groups is 1. The Bertz CT molecular complexity index is 1280. The number of carbonyl (C=O) groups is 2. The number of aliphatic hydroxyl groups is 2. The van der Waals surface area contributed by atoms with E-state index in [0.717, 1.165) is 27.6 Å². The van der Waals surface area contributed by atoms with Gasteiger partial charge in [-0.2, -0.15) is 4.98 Å². The minimum atomic E-state index is -5.00. The summed E-state index contributed by atoms with van der Waals surface area (Å²) in [6.07, 6.45) is -2.30. The van der Waals surface area contributed by atoms with Crippen LogP contribution in [0.3, 0.4) is 0 Å². The van der Waals surface area contributed by atoms with E-state index in [1.165, 1.54) is 0 Å². The predicted octanol–water partition coefficient (Wildman–Crippen LogP) is -2.65. The maximum atomic E-state index is 12.9. The quantitative estimate of drug-likeness (QED) is 0.193. The molecule has 2 aliphatic rings. The number of phosphoric ester groups is 1. The molecule has 0 aromatic carbocycles. The summed E-state index contributed by atoms with van der Waals surface area (Å²) < 4.78 is 23.3. The molecule has 4 atom stereocenters. The normalized spacial score (nSPS) is 27.4. The molecular formula is C17H21N6O10P. The molecule has 0 unspecified atom stereocenters. The number of imidazole rings is 1. The fourth-order valence-electron chi connectivity index (χ4n) is 3.97. The lowest BCUT2D eigenvalue weighted by molar-refractivity contribution is -0.230. The number of hydrogen-bond donors (Lipinski definition) is 5. The summed E-state index contributed by atoms with van der Waals surface area (Å²) in [7, 11) is -5.00. The predicted molar refractivity (Wildman–Crippen MR) is 110 cm³/mol. The monoisotopic (exact) mass is 500 g/mol. The topological polar surface area (TPSA) is 233 Å². The Kier molecular flexibility index (Phi) is 5.93. The van der Waals surface area contributed by atoms with E-state index in [1.807, 2.05) is 6.92 Å². The van der Waals surface area contributed by atoms with Crippen molar-refractivity contribution in [3.8, 4) is 0 Å². The Morgan fingerprint density at radius 1 is 1.24 bits per heavy atom. The van der Waals surface area contributed by atoms with Crippen LogP contribution >= 0.6 is 7.82 Å². The minimum absolute atomic E-state index is 0.220. The van der Waals surface area contributed by atoms with E-state index in [1.54, 1.807) is 0 Å². The van der Waals surface area contributed by atoms with Gasteiger partial charge < -0.3 is 30.5 Å². The summed E-state index contributed by atoms with van der Waals surface area (Å²) in [5.41, 5.74) is 4.79. The van der Waals surface area contributed by atoms with Crippen molar-refractivity contribution in [3.05, 3.63) is 28.8 Å². The number of ether oxygens (including phenoxy) is 1. The molecule has 0 aliphatic carbocycles. The molecule has 6 N–H and O–H groups in total. The van der Waals surface area contributed by atoms with Crippen molar-refractivity contribution in [1.29, 1.82) is 0 Å². The number of carbonyl (C=O) groups excluding carboxylic acids is 2.